The maximum Gasteiger partial charge on any atom is 0.229 e. The van der Waals surface area contributed by atoms with Crippen molar-refractivity contribution in [3.63, 3.8) is 0 Å². The summed E-state index contributed by atoms with van der Waals surface area (Å²) in [6.07, 6.45) is -0.540. The maximum absolute atomic E-state index is 9.57. The predicted molar refractivity (Wildman–Crippen MR) is 77.2 cm³/mol. The van der Waals surface area contributed by atoms with Crippen LogP contribution >= 0.6 is 0 Å². The Morgan fingerprint density at radius 2 is 2.00 bits per heavy atom. The highest BCUT2D eigenvalue weighted by atomic mass is 16.5. The second-order valence-corrected chi connectivity index (χ2v) is 4.79. The molecule has 0 saturated heterocycles. The molecule has 0 amide bonds. The highest BCUT2D eigenvalue weighted by Gasteiger charge is 2.13. The Labute approximate surface area is 121 Å². The SMILES string of the molecule is N#CCC(O)Cc1nc(-c2ccc3ccccc3c2)no1. The van der Waals surface area contributed by atoms with E-state index in [0.717, 1.165) is 16.3 Å². The maximum atomic E-state index is 9.57. The zero-order chi connectivity index (χ0) is 14.7. The molecule has 1 unspecified atom stereocenters. The Bertz CT molecular complexity index is 804. The van der Waals surface area contributed by atoms with Gasteiger partial charge in [0, 0.05) is 5.56 Å². The van der Waals surface area contributed by atoms with Gasteiger partial charge < -0.3 is 9.63 Å². The van der Waals surface area contributed by atoms with Crippen molar-refractivity contribution in [2.24, 2.45) is 0 Å². The van der Waals surface area contributed by atoms with Crippen molar-refractivity contribution < 1.29 is 9.63 Å². The first-order valence-corrected chi connectivity index (χ1v) is 6.63. The lowest BCUT2D eigenvalue weighted by Crippen LogP contribution is -2.09. The van der Waals surface area contributed by atoms with E-state index in [4.69, 9.17) is 9.78 Å². The van der Waals surface area contributed by atoms with Crippen molar-refractivity contribution in [1.82, 2.24) is 10.1 Å². The Morgan fingerprint density at radius 3 is 2.81 bits per heavy atom. The number of aromatic nitrogens is 2. The minimum absolute atomic E-state index is 0.0493. The van der Waals surface area contributed by atoms with Gasteiger partial charge in [0.2, 0.25) is 11.7 Å². The summed E-state index contributed by atoms with van der Waals surface area (Å²) in [6.45, 7) is 0. The molecule has 0 aliphatic rings. The van der Waals surface area contributed by atoms with Gasteiger partial charge in [-0.2, -0.15) is 10.2 Å². The molecule has 1 heterocycles. The topological polar surface area (TPSA) is 82.9 Å². The summed E-state index contributed by atoms with van der Waals surface area (Å²) in [7, 11) is 0. The molecule has 5 nitrogen and oxygen atoms in total. The third-order valence-corrected chi connectivity index (χ3v) is 3.21. The number of nitrogens with zero attached hydrogens (tertiary/aromatic N) is 3. The number of benzene rings is 2. The van der Waals surface area contributed by atoms with Crippen molar-refractivity contribution >= 4 is 10.8 Å². The molecule has 0 spiro atoms. The molecule has 1 aromatic heterocycles. The Balaban J connectivity index is 1.86. The minimum atomic E-state index is -0.778. The van der Waals surface area contributed by atoms with E-state index < -0.39 is 6.10 Å². The van der Waals surface area contributed by atoms with Crippen LogP contribution in [-0.2, 0) is 6.42 Å². The third kappa shape index (κ3) is 2.91. The molecule has 0 aliphatic carbocycles. The highest BCUT2D eigenvalue weighted by molar-refractivity contribution is 5.86. The molecular weight excluding hydrogens is 266 g/mol. The van der Waals surface area contributed by atoms with E-state index in [1.54, 1.807) is 0 Å². The molecular formula is C16H13N3O2. The summed E-state index contributed by atoms with van der Waals surface area (Å²) in [5.41, 5.74) is 0.860. The van der Waals surface area contributed by atoms with Crippen LogP contribution in [0.5, 0.6) is 0 Å². The lowest BCUT2D eigenvalue weighted by atomic mass is 10.1. The van der Waals surface area contributed by atoms with E-state index >= 15 is 0 Å². The van der Waals surface area contributed by atoms with Gasteiger partial charge in [0.15, 0.2) is 0 Å². The van der Waals surface area contributed by atoms with E-state index in [0.29, 0.717) is 11.7 Å². The van der Waals surface area contributed by atoms with E-state index in [9.17, 15) is 5.11 Å². The van der Waals surface area contributed by atoms with Crippen LogP contribution in [0.25, 0.3) is 22.2 Å². The number of hydrogen-bond acceptors (Lipinski definition) is 5. The third-order valence-electron chi connectivity index (χ3n) is 3.21. The van der Waals surface area contributed by atoms with Gasteiger partial charge in [0.25, 0.3) is 0 Å². The molecule has 0 saturated carbocycles. The van der Waals surface area contributed by atoms with Gasteiger partial charge in [-0.1, -0.05) is 41.6 Å². The normalized spacial score (nSPS) is 12.2. The predicted octanol–water partition coefficient (Wildman–Crippen LogP) is 2.71. The Morgan fingerprint density at radius 1 is 1.19 bits per heavy atom. The number of hydrogen-bond donors (Lipinski definition) is 1. The number of rotatable bonds is 4. The summed E-state index contributed by atoms with van der Waals surface area (Å²) < 4.78 is 5.12. The molecule has 0 bridgehead atoms. The first-order valence-electron chi connectivity index (χ1n) is 6.63. The first-order chi connectivity index (χ1) is 10.3. The number of fused-ring (bicyclic) bond motifs is 1. The molecule has 0 aliphatic heterocycles. The lowest BCUT2D eigenvalue weighted by Gasteiger charge is -2.00. The van der Waals surface area contributed by atoms with Gasteiger partial charge in [-0.25, -0.2) is 0 Å². The van der Waals surface area contributed by atoms with Gasteiger partial charge in [0.1, 0.15) is 0 Å². The average molecular weight is 279 g/mol. The van der Waals surface area contributed by atoms with Crippen molar-refractivity contribution in [3.8, 4) is 17.5 Å². The molecule has 2 aromatic carbocycles. The fraction of sp³-hybridized carbons (Fsp3) is 0.188. The van der Waals surface area contributed by atoms with Crippen LogP contribution in [0.3, 0.4) is 0 Å². The van der Waals surface area contributed by atoms with Gasteiger partial charge >= 0.3 is 0 Å². The summed E-state index contributed by atoms with van der Waals surface area (Å²) in [6, 6.07) is 15.9. The summed E-state index contributed by atoms with van der Waals surface area (Å²) >= 11 is 0. The van der Waals surface area contributed by atoms with E-state index in [1.165, 1.54) is 0 Å². The average Bonchev–Trinajstić information content (AvgIpc) is 2.95. The molecule has 21 heavy (non-hydrogen) atoms. The largest absolute Gasteiger partial charge is 0.392 e. The lowest BCUT2D eigenvalue weighted by molar-refractivity contribution is 0.167. The molecule has 0 fully saturated rings. The van der Waals surface area contributed by atoms with Gasteiger partial charge in [-0.3, -0.25) is 0 Å². The monoisotopic (exact) mass is 279 g/mol. The first kappa shape index (κ1) is 13.3. The van der Waals surface area contributed by atoms with Crippen LogP contribution in [0, 0.1) is 11.3 Å². The highest BCUT2D eigenvalue weighted by Crippen LogP contribution is 2.22. The molecule has 1 atom stereocenters. The zero-order valence-electron chi connectivity index (χ0n) is 11.2. The van der Waals surface area contributed by atoms with Gasteiger partial charge in [-0.05, 0) is 16.8 Å². The zero-order valence-corrected chi connectivity index (χ0v) is 11.2. The standard InChI is InChI=1S/C16H13N3O2/c17-8-7-14(20)10-15-18-16(19-21-15)13-6-5-11-3-1-2-4-12(11)9-13/h1-6,9,14,20H,7,10H2. The van der Waals surface area contributed by atoms with Crippen LogP contribution in [0.4, 0.5) is 0 Å². The van der Waals surface area contributed by atoms with Crippen molar-refractivity contribution in [2.45, 2.75) is 18.9 Å². The van der Waals surface area contributed by atoms with E-state index in [-0.39, 0.29) is 12.8 Å². The van der Waals surface area contributed by atoms with Crippen LogP contribution in [0.1, 0.15) is 12.3 Å². The number of aliphatic hydroxyl groups is 1. The minimum Gasteiger partial charge on any atom is -0.392 e. The molecule has 1 N–H and O–H groups in total. The van der Waals surface area contributed by atoms with Crippen LogP contribution in [0.2, 0.25) is 0 Å². The van der Waals surface area contributed by atoms with Gasteiger partial charge in [0.05, 0.1) is 25.0 Å². The summed E-state index contributed by atoms with van der Waals surface area (Å²) in [5, 5.41) is 24.3. The molecule has 5 heteroatoms. The smallest absolute Gasteiger partial charge is 0.229 e. The van der Waals surface area contributed by atoms with E-state index in [2.05, 4.69) is 10.1 Å². The summed E-state index contributed by atoms with van der Waals surface area (Å²) in [4.78, 5) is 4.26. The van der Waals surface area contributed by atoms with Crippen molar-refractivity contribution in [2.75, 3.05) is 0 Å². The fourth-order valence-electron chi connectivity index (χ4n) is 2.16. The fourth-order valence-corrected chi connectivity index (χ4v) is 2.16. The van der Waals surface area contributed by atoms with Crippen LogP contribution in [0.15, 0.2) is 47.0 Å². The van der Waals surface area contributed by atoms with Crippen LogP contribution in [-0.4, -0.2) is 21.4 Å². The second-order valence-electron chi connectivity index (χ2n) is 4.79. The Kier molecular flexibility index (Phi) is 3.63. The molecule has 3 aromatic rings. The molecule has 104 valence electrons. The van der Waals surface area contributed by atoms with Crippen LogP contribution < -0.4 is 0 Å². The quantitative estimate of drug-likeness (QED) is 0.793. The molecule has 3 rings (SSSR count). The number of aliphatic hydroxyl groups excluding tert-OH is 1. The van der Waals surface area contributed by atoms with Gasteiger partial charge in [-0.15, -0.1) is 0 Å². The van der Waals surface area contributed by atoms with Crippen molar-refractivity contribution in [1.29, 1.82) is 5.26 Å². The second kappa shape index (κ2) is 5.73. The summed E-state index contributed by atoms with van der Waals surface area (Å²) in [5.74, 6) is 0.820. The van der Waals surface area contributed by atoms with Crippen molar-refractivity contribution in [3.05, 3.63) is 48.4 Å². The van der Waals surface area contributed by atoms with E-state index in [1.807, 2.05) is 48.5 Å². The number of nitriles is 1. The Hall–Kier alpha value is -2.71. The molecule has 0 radical (unpaired) electrons.